The number of likely N-dealkylation sites (tertiary alicyclic amines) is 1. The molecular weight excluding hydrogens is 326 g/mol. The van der Waals surface area contributed by atoms with Gasteiger partial charge in [-0.15, -0.1) is 5.10 Å². The summed E-state index contributed by atoms with van der Waals surface area (Å²) in [6.07, 6.45) is 6.73. The van der Waals surface area contributed by atoms with Gasteiger partial charge >= 0.3 is 0 Å². The molecule has 0 radical (unpaired) electrons. The van der Waals surface area contributed by atoms with Crippen molar-refractivity contribution in [3.8, 4) is 0 Å². The lowest BCUT2D eigenvalue weighted by atomic mass is 10.0. The molecule has 1 N–H and O–H groups in total. The van der Waals surface area contributed by atoms with E-state index in [1.54, 1.807) is 12.3 Å². The fourth-order valence-electron chi connectivity index (χ4n) is 3.57. The van der Waals surface area contributed by atoms with Gasteiger partial charge in [-0.25, -0.2) is 4.68 Å². The topological polar surface area (TPSA) is 66.8 Å². The molecule has 6 heteroatoms. The van der Waals surface area contributed by atoms with Crippen molar-refractivity contribution in [2.45, 2.75) is 31.8 Å². The number of nitrogens with zero attached hydrogens (tertiary/aromatic N) is 4. The smallest absolute Gasteiger partial charge is 0.248 e. The lowest BCUT2D eigenvalue weighted by molar-refractivity contribution is 0.172. The molecule has 1 saturated heterocycles. The maximum Gasteiger partial charge on any atom is 0.248 e. The first-order valence-electron chi connectivity index (χ1n) is 9.11. The van der Waals surface area contributed by atoms with Crippen LogP contribution in [0.5, 0.6) is 0 Å². The molecule has 26 heavy (non-hydrogen) atoms. The van der Waals surface area contributed by atoms with Crippen LogP contribution in [-0.4, -0.2) is 38.0 Å². The van der Waals surface area contributed by atoms with Crippen LogP contribution in [0.3, 0.4) is 0 Å². The predicted octanol–water partition coefficient (Wildman–Crippen LogP) is 2.39. The molecule has 6 nitrogen and oxygen atoms in total. The van der Waals surface area contributed by atoms with Gasteiger partial charge in [-0.05, 0) is 30.0 Å². The first kappa shape index (κ1) is 16.7. The van der Waals surface area contributed by atoms with E-state index in [0.29, 0.717) is 6.04 Å². The second-order valence-electron chi connectivity index (χ2n) is 6.92. The van der Waals surface area contributed by atoms with E-state index in [1.807, 2.05) is 16.8 Å². The lowest BCUT2D eigenvalue weighted by Gasteiger charge is -2.31. The summed E-state index contributed by atoms with van der Waals surface area (Å²) < 4.78 is 2.03. The number of aromatic nitrogens is 4. The molecule has 0 aliphatic carbocycles. The molecule has 4 rings (SSSR count). The van der Waals surface area contributed by atoms with Crippen molar-refractivity contribution < 1.29 is 0 Å². The standard InChI is InChI=1S/C20H23N5O/c26-20-13-17(6-9-21-20)14-24-10-7-19(8-11-24)25-15-18(22-23-25)12-16-4-2-1-3-5-16/h1-6,9,13,15,19H,7-8,10-12,14H2,(H,21,26). The Labute approximate surface area is 152 Å². The van der Waals surface area contributed by atoms with E-state index in [-0.39, 0.29) is 5.56 Å². The Hall–Kier alpha value is -2.73. The molecule has 1 aliphatic heterocycles. The molecule has 0 atom stereocenters. The number of hydrogen-bond donors (Lipinski definition) is 1. The zero-order valence-corrected chi connectivity index (χ0v) is 14.7. The number of H-pyrrole nitrogens is 1. The van der Waals surface area contributed by atoms with Crippen molar-refractivity contribution in [2.24, 2.45) is 0 Å². The van der Waals surface area contributed by atoms with Gasteiger partial charge in [0.25, 0.3) is 0 Å². The lowest BCUT2D eigenvalue weighted by Crippen LogP contribution is -2.34. The van der Waals surface area contributed by atoms with E-state index < -0.39 is 0 Å². The van der Waals surface area contributed by atoms with Gasteiger partial charge in [-0.3, -0.25) is 9.69 Å². The number of piperidine rings is 1. The third-order valence-corrected chi connectivity index (χ3v) is 4.96. The molecule has 0 bridgehead atoms. The maximum absolute atomic E-state index is 11.4. The van der Waals surface area contributed by atoms with Crippen molar-refractivity contribution in [1.82, 2.24) is 24.9 Å². The van der Waals surface area contributed by atoms with Crippen LogP contribution in [0.4, 0.5) is 0 Å². The van der Waals surface area contributed by atoms with Crippen LogP contribution in [0.2, 0.25) is 0 Å². The average Bonchev–Trinajstić information content (AvgIpc) is 3.12. The summed E-state index contributed by atoms with van der Waals surface area (Å²) in [5.41, 5.74) is 3.30. The zero-order chi connectivity index (χ0) is 17.8. The molecule has 0 spiro atoms. The largest absolute Gasteiger partial charge is 0.329 e. The van der Waals surface area contributed by atoms with Crippen LogP contribution in [0.15, 0.2) is 59.7 Å². The Kier molecular flexibility index (Phi) is 4.93. The number of hydrogen-bond acceptors (Lipinski definition) is 4. The first-order valence-corrected chi connectivity index (χ1v) is 9.11. The van der Waals surface area contributed by atoms with Gasteiger partial charge in [0.1, 0.15) is 0 Å². The van der Waals surface area contributed by atoms with Crippen molar-refractivity contribution in [3.05, 3.63) is 82.0 Å². The van der Waals surface area contributed by atoms with Crippen molar-refractivity contribution in [3.63, 3.8) is 0 Å². The molecule has 134 valence electrons. The monoisotopic (exact) mass is 349 g/mol. The van der Waals surface area contributed by atoms with Gasteiger partial charge in [0.15, 0.2) is 0 Å². The number of benzene rings is 1. The highest BCUT2D eigenvalue weighted by atomic mass is 16.1. The molecule has 1 aliphatic rings. The van der Waals surface area contributed by atoms with Gasteiger partial charge < -0.3 is 4.98 Å². The first-order chi connectivity index (χ1) is 12.8. The zero-order valence-electron chi connectivity index (χ0n) is 14.7. The summed E-state index contributed by atoms with van der Waals surface area (Å²) in [4.78, 5) is 16.5. The van der Waals surface area contributed by atoms with Crippen LogP contribution < -0.4 is 5.56 Å². The van der Waals surface area contributed by atoms with Gasteiger partial charge in [-0.1, -0.05) is 35.5 Å². The highest BCUT2D eigenvalue weighted by Crippen LogP contribution is 2.23. The fourth-order valence-corrected chi connectivity index (χ4v) is 3.57. The number of aromatic amines is 1. The predicted molar refractivity (Wildman–Crippen MR) is 99.9 cm³/mol. The third kappa shape index (κ3) is 4.08. The normalized spacial score (nSPS) is 16.0. The summed E-state index contributed by atoms with van der Waals surface area (Å²) >= 11 is 0. The third-order valence-electron chi connectivity index (χ3n) is 4.96. The molecule has 0 unspecified atom stereocenters. The Morgan fingerprint density at radius 3 is 2.65 bits per heavy atom. The highest BCUT2D eigenvalue weighted by Gasteiger charge is 2.21. The van der Waals surface area contributed by atoms with Crippen LogP contribution in [-0.2, 0) is 13.0 Å². The minimum absolute atomic E-state index is 0.0362. The van der Waals surface area contributed by atoms with Crippen molar-refractivity contribution >= 4 is 0 Å². The Bertz CT molecular complexity index is 894. The number of nitrogens with one attached hydrogen (secondary N) is 1. The molecule has 1 aromatic carbocycles. The van der Waals surface area contributed by atoms with E-state index in [4.69, 9.17) is 0 Å². The average molecular weight is 349 g/mol. The molecule has 0 amide bonds. The summed E-state index contributed by atoms with van der Waals surface area (Å²) in [5, 5.41) is 8.70. The summed E-state index contributed by atoms with van der Waals surface area (Å²) in [6.45, 7) is 2.84. The van der Waals surface area contributed by atoms with Crippen LogP contribution in [0, 0.1) is 0 Å². The molecule has 0 saturated carbocycles. The van der Waals surface area contributed by atoms with E-state index in [1.165, 1.54) is 5.56 Å². The number of pyridine rings is 1. The number of rotatable bonds is 5. The molecule has 1 fully saturated rings. The minimum Gasteiger partial charge on any atom is -0.329 e. The van der Waals surface area contributed by atoms with E-state index >= 15 is 0 Å². The Morgan fingerprint density at radius 2 is 1.88 bits per heavy atom. The molecule has 3 aromatic rings. The SMILES string of the molecule is O=c1cc(CN2CCC(n3cc(Cc4ccccc4)nn3)CC2)cc[nH]1. The highest BCUT2D eigenvalue weighted by molar-refractivity contribution is 5.20. The quantitative estimate of drug-likeness (QED) is 0.768. The summed E-state index contributed by atoms with van der Waals surface area (Å²) in [7, 11) is 0. The van der Waals surface area contributed by atoms with Crippen LogP contribution >= 0.6 is 0 Å². The summed E-state index contributed by atoms with van der Waals surface area (Å²) in [5.74, 6) is 0. The van der Waals surface area contributed by atoms with Gasteiger partial charge in [0.2, 0.25) is 5.56 Å². The molecular formula is C20H23N5O. The van der Waals surface area contributed by atoms with E-state index in [9.17, 15) is 4.79 Å². The fraction of sp³-hybridized carbons (Fsp3) is 0.350. The van der Waals surface area contributed by atoms with Crippen molar-refractivity contribution in [1.29, 1.82) is 0 Å². The summed E-state index contributed by atoms with van der Waals surface area (Å²) in [6, 6.07) is 14.4. The van der Waals surface area contributed by atoms with E-state index in [2.05, 4.69) is 50.7 Å². The van der Waals surface area contributed by atoms with Gasteiger partial charge in [0.05, 0.1) is 11.7 Å². The van der Waals surface area contributed by atoms with Crippen molar-refractivity contribution in [2.75, 3.05) is 13.1 Å². The maximum atomic E-state index is 11.4. The van der Waals surface area contributed by atoms with Gasteiger partial charge in [0, 0.05) is 44.5 Å². The second-order valence-corrected chi connectivity index (χ2v) is 6.92. The van der Waals surface area contributed by atoms with Gasteiger partial charge in [-0.2, -0.15) is 0 Å². The second kappa shape index (κ2) is 7.66. The molecule has 3 heterocycles. The minimum atomic E-state index is -0.0362. The van der Waals surface area contributed by atoms with Crippen LogP contribution in [0.1, 0.15) is 35.7 Å². The Morgan fingerprint density at radius 1 is 1.08 bits per heavy atom. The van der Waals surface area contributed by atoms with E-state index in [0.717, 1.165) is 50.2 Å². The Balaban J connectivity index is 1.33. The molecule has 2 aromatic heterocycles. The van der Waals surface area contributed by atoms with Crippen LogP contribution in [0.25, 0.3) is 0 Å².